The molecule has 0 bridgehead atoms. The molecule has 1 nitrogen and oxygen atoms in total. The fraction of sp³-hybridized carbons (Fsp3) is 1.00. The highest BCUT2D eigenvalue weighted by atomic mass is 128. The van der Waals surface area contributed by atoms with Gasteiger partial charge in [0, 0.05) is 50.9 Å². The molecule has 0 aromatic rings. The van der Waals surface area contributed by atoms with Crippen molar-refractivity contribution in [3.63, 3.8) is 0 Å². The van der Waals surface area contributed by atoms with E-state index in [1.54, 1.807) is 7.11 Å². The third kappa shape index (κ3) is 9.33. The Morgan fingerprint density at radius 1 is 1.27 bits per heavy atom. The lowest BCUT2D eigenvalue weighted by atomic mass is 10.2. The van der Waals surface area contributed by atoms with Gasteiger partial charge in [-0.2, -0.15) is 0 Å². The molecule has 1 aliphatic carbocycles. The standard InChI is InChI=1S/C8H16O.I2/c1-9-7-3-2-4-8-5-6-8;1-2/h8H,2-7H2,1H3;. The number of halogens is 2. The summed E-state index contributed by atoms with van der Waals surface area (Å²) in [5, 5.41) is 0. The summed E-state index contributed by atoms with van der Waals surface area (Å²) in [6, 6.07) is 0. The average molecular weight is 382 g/mol. The highest BCUT2D eigenvalue weighted by Gasteiger charge is 2.19. The summed E-state index contributed by atoms with van der Waals surface area (Å²) in [5.74, 6) is 1.10. The van der Waals surface area contributed by atoms with E-state index in [0.29, 0.717) is 0 Å². The number of rotatable bonds is 5. The summed E-state index contributed by atoms with van der Waals surface area (Å²) < 4.78 is 4.94. The molecule has 0 saturated heterocycles. The average Bonchev–Trinajstić information content (AvgIpc) is 2.86. The van der Waals surface area contributed by atoms with Crippen LogP contribution in [0.3, 0.4) is 0 Å². The zero-order valence-electron chi connectivity index (χ0n) is 6.98. The van der Waals surface area contributed by atoms with Gasteiger partial charge in [0.25, 0.3) is 0 Å². The second-order valence-electron chi connectivity index (χ2n) is 2.93. The van der Waals surface area contributed by atoms with E-state index in [2.05, 4.69) is 37.2 Å². The molecule has 0 aliphatic heterocycles. The Morgan fingerprint density at radius 3 is 2.36 bits per heavy atom. The maximum absolute atomic E-state index is 4.94. The molecule has 0 amide bonds. The van der Waals surface area contributed by atoms with Gasteiger partial charge < -0.3 is 4.74 Å². The van der Waals surface area contributed by atoms with Gasteiger partial charge in [-0.05, 0) is 12.3 Å². The lowest BCUT2D eigenvalue weighted by Gasteiger charge is -1.96. The molecule has 0 unspecified atom stereocenters. The predicted octanol–water partition coefficient (Wildman–Crippen LogP) is 3.98. The Labute approximate surface area is 93.0 Å². The van der Waals surface area contributed by atoms with Crippen LogP contribution in [0.1, 0.15) is 32.1 Å². The van der Waals surface area contributed by atoms with Crippen molar-refractivity contribution < 1.29 is 4.74 Å². The van der Waals surface area contributed by atoms with E-state index in [4.69, 9.17) is 4.74 Å². The minimum atomic E-state index is 0.951. The van der Waals surface area contributed by atoms with Gasteiger partial charge >= 0.3 is 0 Å². The van der Waals surface area contributed by atoms with Gasteiger partial charge in [-0.1, -0.05) is 25.7 Å². The first-order valence-corrected chi connectivity index (χ1v) is 10.4. The summed E-state index contributed by atoms with van der Waals surface area (Å²) in [7, 11) is 1.77. The molecule has 0 aromatic carbocycles. The van der Waals surface area contributed by atoms with Crippen LogP contribution in [-0.4, -0.2) is 13.7 Å². The third-order valence-electron chi connectivity index (χ3n) is 1.91. The fourth-order valence-corrected chi connectivity index (χ4v) is 1.09. The molecule has 3 heteroatoms. The molecule has 1 fully saturated rings. The van der Waals surface area contributed by atoms with Gasteiger partial charge in [-0.3, -0.25) is 0 Å². The maximum Gasteiger partial charge on any atom is 0.0462 e. The van der Waals surface area contributed by atoms with Gasteiger partial charge in [-0.15, -0.1) is 0 Å². The van der Waals surface area contributed by atoms with Crippen LogP contribution in [0.4, 0.5) is 0 Å². The van der Waals surface area contributed by atoms with Crippen molar-refractivity contribution >= 4 is 37.2 Å². The summed E-state index contributed by atoms with van der Waals surface area (Å²) in [6.45, 7) is 0.951. The maximum atomic E-state index is 4.94. The molecule has 1 saturated carbocycles. The zero-order chi connectivity index (χ0) is 8.53. The van der Waals surface area contributed by atoms with Gasteiger partial charge in [0.15, 0.2) is 0 Å². The number of unbranched alkanes of at least 4 members (excludes halogenated alkanes) is 1. The first kappa shape index (κ1) is 12.4. The second-order valence-corrected chi connectivity index (χ2v) is 2.93. The predicted molar refractivity (Wildman–Crippen MR) is 66.5 cm³/mol. The number of methoxy groups -OCH3 is 1. The zero-order valence-corrected chi connectivity index (χ0v) is 11.3. The summed E-state index contributed by atoms with van der Waals surface area (Å²) in [6.07, 6.45) is 7.06. The van der Waals surface area contributed by atoms with E-state index >= 15 is 0 Å². The molecule has 1 rings (SSSR count). The topological polar surface area (TPSA) is 9.23 Å². The molecule has 0 spiro atoms. The van der Waals surface area contributed by atoms with Crippen molar-refractivity contribution in [1.82, 2.24) is 0 Å². The Hall–Kier alpha value is 1.42. The lowest BCUT2D eigenvalue weighted by molar-refractivity contribution is 0.191. The van der Waals surface area contributed by atoms with E-state index in [1.807, 2.05) is 0 Å². The number of hydrogen-bond acceptors (Lipinski definition) is 1. The molecular formula is C8H16I2O. The molecule has 0 aromatic heterocycles. The molecule has 1 aliphatic rings. The van der Waals surface area contributed by atoms with Crippen molar-refractivity contribution in [2.75, 3.05) is 13.7 Å². The van der Waals surface area contributed by atoms with Crippen molar-refractivity contribution in [3.05, 3.63) is 0 Å². The van der Waals surface area contributed by atoms with E-state index in [1.165, 1.54) is 32.1 Å². The molecule has 0 atom stereocenters. The molecule has 0 heterocycles. The van der Waals surface area contributed by atoms with Crippen molar-refractivity contribution in [2.45, 2.75) is 32.1 Å². The Morgan fingerprint density at radius 2 is 1.91 bits per heavy atom. The first-order chi connectivity index (χ1) is 5.43. The van der Waals surface area contributed by atoms with E-state index in [0.717, 1.165) is 12.5 Å². The fourth-order valence-electron chi connectivity index (χ4n) is 1.09. The molecular weight excluding hydrogens is 366 g/mol. The minimum absolute atomic E-state index is 0.951. The van der Waals surface area contributed by atoms with Gasteiger partial charge in [0.1, 0.15) is 0 Å². The van der Waals surface area contributed by atoms with Crippen LogP contribution in [0.2, 0.25) is 0 Å². The van der Waals surface area contributed by atoms with Crippen LogP contribution in [0, 0.1) is 5.92 Å². The Balaban J connectivity index is 0.000000461. The highest BCUT2D eigenvalue weighted by molar-refractivity contribution is 15.0. The molecule has 11 heavy (non-hydrogen) atoms. The van der Waals surface area contributed by atoms with Crippen molar-refractivity contribution in [1.29, 1.82) is 0 Å². The van der Waals surface area contributed by atoms with Gasteiger partial charge in [0.2, 0.25) is 0 Å². The summed E-state index contributed by atoms with van der Waals surface area (Å²) >= 11 is 4.24. The Bertz CT molecular complexity index is 74.5. The van der Waals surface area contributed by atoms with Gasteiger partial charge in [-0.25, -0.2) is 0 Å². The monoisotopic (exact) mass is 382 g/mol. The minimum Gasteiger partial charge on any atom is -0.385 e. The molecule has 68 valence electrons. The van der Waals surface area contributed by atoms with E-state index < -0.39 is 0 Å². The van der Waals surface area contributed by atoms with Crippen LogP contribution in [-0.2, 0) is 4.74 Å². The lowest BCUT2D eigenvalue weighted by Crippen LogP contribution is -1.88. The van der Waals surface area contributed by atoms with Crippen LogP contribution in [0.5, 0.6) is 0 Å². The summed E-state index contributed by atoms with van der Waals surface area (Å²) in [5.41, 5.74) is 0. The Kier molecular flexibility index (Phi) is 10.7. The summed E-state index contributed by atoms with van der Waals surface area (Å²) in [4.78, 5) is 0. The highest BCUT2D eigenvalue weighted by Crippen LogP contribution is 2.33. The van der Waals surface area contributed by atoms with Crippen LogP contribution < -0.4 is 0 Å². The van der Waals surface area contributed by atoms with Crippen LogP contribution in [0.15, 0.2) is 0 Å². The van der Waals surface area contributed by atoms with E-state index in [-0.39, 0.29) is 0 Å². The smallest absolute Gasteiger partial charge is 0.0462 e. The van der Waals surface area contributed by atoms with Gasteiger partial charge in [0.05, 0.1) is 0 Å². The largest absolute Gasteiger partial charge is 0.385 e. The number of hydrogen-bond donors (Lipinski definition) is 0. The third-order valence-corrected chi connectivity index (χ3v) is 1.91. The first-order valence-electron chi connectivity index (χ1n) is 4.06. The van der Waals surface area contributed by atoms with Crippen LogP contribution >= 0.6 is 37.2 Å². The quantitative estimate of drug-likeness (QED) is 0.517. The molecule has 0 N–H and O–H groups in total. The normalized spacial score (nSPS) is 15.5. The molecule has 0 radical (unpaired) electrons. The second kappa shape index (κ2) is 9.51. The number of ether oxygens (including phenoxy) is 1. The SMILES string of the molecule is COCCCCC1CC1.II. The van der Waals surface area contributed by atoms with Crippen molar-refractivity contribution in [3.8, 4) is 0 Å². The van der Waals surface area contributed by atoms with E-state index in [9.17, 15) is 0 Å². The van der Waals surface area contributed by atoms with Crippen molar-refractivity contribution in [2.24, 2.45) is 5.92 Å². The van der Waals surface area contributed by atoms with Crippen LogP contribution in [0.25, 0.3) is 0 Å².